The second-order valence-corrected chi connectivity index (χ2v) is 5.59. The lowest BCUT2D eigenvalue weighted by Crippen LogP contribution is -2.52. The first-order chi connectivity index (χ1) is 6.56. The molecule has 1 saturated carbocycles. The van der Waals surface area contributed by atoms with Crippen LogP contribution in [0.2, 0.25) is 0 Å². The SMILES string of the molecule is CC.CC(C)C1(C)CCC2(CNC2)C1. The Morgan fingerprint density at radius 2 is 1.64 bits per heavy atom. The van der Waals surface area contributed by atoms with Gasteiger partial charge in [0.2, 0.25) is 0 Å². The van der Waals surface area contributed by atoms with E-state index >= 15 is 0 Å². The molecule has 2 fully saturated rings. The maximum Gasteiger partial charge on any atom is 0.00204 e. The van der Waals surface area contributed by atoms with Crippen molar-refractivity contribution in [1.82, 2.24) is 5.32 Å². The van der Waals surface area contributed by atoms with Gasteiger partial charge in [-0.1, -0.05) is 34.6 Å². The van der Waals surface area contributed by atoms with Crippen LogP contribution in [0.4, 0.5) is 0 Å². The molecule has 1 heterocycles. The van der Waals surface area contributed by atoms with Crippen molar-refractivity contribution in [2.45, 2.75) is 53.9 Å². The second-order valence-electron chi connectivity index (χ2n) is 5.59. The lowest BCUT2D eigenvalue weighted by molar-refractivity contribution is 0.129. The smallest absolute Gasteiger partial charge is 0.00204 e. The van der Waals surface area contributed by atoms with E-state index in [9.17, 15) is 0 Å². The van der Waals surface area contributed by atoms with Crippen molar-refractivity contribution in [3.8, 4) is 0 Å². The van der Waals surface area contributed by atoms with Crippen LogP contribution in [-0.4, -0.2) is 13.1 Å². The molecule has 0 aromatic carbocycles. The fourth-order valence-corrected chi connectivity index (χ4v) is 2.86. The highest BCUT2D eigenvalue weighted by Gasteiger charge is 2.49. The molecule has 1 aliphatic carbocycles. The summed E-state index contributed by atoms with van der Waals surface area (Å²) in [5.74, 6) is 0.859. The van der Waals surface area contributed by atoms with Crippen molar-refractivity contribution >= 4 is 0 Å². The third kappa shape index (κ3) is 1.98. The third-order valence-corrected chi connectivity index (χ3v) is 4.40. The average molecular weight is 197 g/mol. The number of hydrogen-bond donors (Lipinski definition) is 1. The maximum absolute atomic E-state index is 3.42. The molecule has 0 amide bonds. The topological polar surface area (TPSA) is 12.0 Å². The van der Waals surface area contributed by atoms with Gasteiger partial charge in [-0.05, 0) is 36.0 Å². The summed E-state index contributed by atoms with van der Waals surface area (Å²) < 4.78 is 0. The van der Waals surface area contributed by atoms with Crippen molar-refractivity contribution in [3.05, 3.63) is 0 Å². The van der Waals surface area contributed by atoms with E-state index in [1.54, 1.807) is 0 Å². The van der Waals surface area contributed by atoms with Crippen LogP contribution in [0, 0.1) is 16.7 Å². The summed E-state index contributed by atoms with van der Waals surface area (Å²) in [5, 5.41) is 3.42. The van der Waals surface area contributed by atoms with Crippen LogP contribution in [-0.2, 0) is 0 Å². The molecule has 1 saturated heterocycles. The summed E-state index contributed by atoms with van der Waals surface area (Å²) in [5.41, 5.74) is 1.36. The number of nitrogens with one attached hydrogen (secondary N) is 1. The van der Waals surface area contributed by atoms with E-state index < -0.39 is 0 Å². The van der Waals surface area contributed by atoms with Crippen LogP contribution in [0.3, 0.4) is 0 Å². The van der Waals surface area contributed by atoms with Gasteiger partial charge in [0.25, 0.3) is 0 Å². The molecule has 1 spiro atoms. The zero-order chi connectivity index (χ0) is 10.8. The molecule has 0 radical (unpaired) electrons. The van der Waals surface area contributed by atoms with Gasteiger partial charge in [-0.3, -0.25) is 0 Å². The molecule has 1 atom stereocenters. The second kappa shape index (κ2) is 4.22. The molecule has 84 valence electrons. The highest BCUT2D eigenvalue weighted by molar-refractivity contribution is 5.03. The van der Waals surface area contributed by atoms with Crippen molar-refractivity contribution in [2.24, 2.45) is 16.7 Å². The first-order valence-corrected chi connectivity index (χ1v) is 6.27. The lowest BCUT2D eigenvalue weighted by atomic mass is 9.72. The zero-order valence-electron chi connectivity index (χ0n) is 10.6. The third-order valence-electron chi connectivity index (χ3n) is 4.40. The van der Waals surface area contributed by atoms with Gasteiger partial charge in [0.05, 0.1) is 0 Å². The van der Waals surface area contributed by atoms with Crippen LogP contribution in [0.25, 0.3) is 0 Å². The largest absolute Gasteiger partial charge is 0.316 e. The Bertz CT molecular complexity index is 182. The Balaban J connectivity index is 0.000000461. The minimum Gasteiger partial charge on any atom is -0.316 e. The molecule has 14 heavy (non-hydrogen) atoms. The van der Waals surface area contributed by atoms with Crippen molar-refractivity contribution < 1.29 is 0 Å². The monoisotopic (exact) mass is 197 g/mol. The van der Waals surface area contributed by atoms with Crippen molar-refractivity contribution in [2.75, 3.05) is 13.1 Å². The van der Waals surface area contributed by atoms with E-state index in [1.807, 2.05) is 13.8 Å². The molecule has 1 nitrogen and oxygen atoms in total. The Hall–Kier alpha value is -0.0400. The summed E-state index contributed by atoms with van der Waals surface area (Å²) in [6.07, 6.45) is 4.38. The van der Waals surface area contributed by atoms with E-state index in [4.69, 9.17) is 0 Å². The first kappa shape index (κ1) is 12.0. The molecule has 1 aliphatic heterocycles. The zero-order valence-corrected chi connectivity index (χ0v) is 10.6. The Kier molecular flexibility index (Phi) is 3.63. The number of hydrogen-bond acceptors (Lipinski definition) is 1. The van der Waals surface area contributed by atoms with Gasteiger partial charge in [0.15, 0.2) is 0 Å². The summed E-state index contributed by atoms with van der Waals surface area (Å²) >= 11 is 0. The van der Waals surface area contributed by atoms with Gasteiger partial charge in [0.1, 0.15) is 0 Å². The van der Waals surface area contributed by atoms with Gasteiger partial charge in [0, 0.05) is 13.1 Å². The van der Waals surface area contributed by atoms with E-state index in [0.29, 0.717) is 5.41 Å². The van der Waals surface area contributed by atoms with Gasteiger partial charge in [-0.15, -0.1) is 0 Å². The van der Waals surface area contributed by atoms with E-state index in [-0.39, 0.29) is 0 Å². The molecular formula is C13H27N. The van der Waals surface area contributed by atoms with Crippen LogP contribution < -0.4 is 5.32 Å². The minimum atomic E-state index is 0.641. The molecule has 2 aliphatic rings. The van der Waals surface area contributed by atoms with Gasteiger partial charge in [-0.25, -0.2) is 0 Å². The van der Waals surface area contributed by atoms with Crippen LogP contribution in [0.5, 0.6) is 0 Å². The summed E-state index contributed by atoms with van der Waals surface area (Å²) in [7, 11) is 0. The van der Waals surface area contributed by atoms with Crippen LogP contribution >= 0.6 is 0 Å². The summed E-state index contributed by atoms with van der Waals surface area (Å²) in [6, 6.07) is 0. The predicted octanol–water partition coefficient (Wildman–Crippen LogP) is 3.45. The van der Waals surface area contributed by atoms with Gasteiger partial charge in [-0.2, -0.15) is 0 Å². The quantitative estimate of drug-likeness (QED) is 0.679. The maximum atomic E-state index is 3.42. The van der Waals surface area contributed by atoms with Crippen molar-refractivity contribution in [1.29, 1.82) is 0 Å². The van der Waals surface area contributed by atoms with Crippen LogP contribution in [0.15, 0.2) is 0 Å². The lowest BCUT2D eigenvalue weighted by Gasteiger charge is -2.41. The van der Waals surface area contributed by atoms with E-state index in [1.165, 1.54) is 32.4 Å². The highest BCUT2D eigenvalue weighted by Crippen LogP contribution is 2.54. The number of rotatable bonds is 1. The summed E-state index contributed by atoms with van der Waals surface area (Å²) in [6.45, 7) is 13.8. The Morgan fingerprint density at radius 1 is 1.07 bits per heavy atom. The predicted molar refractivity (Wildman–Crippen MR) is 63.4 cm³/mol. The molecule has 0 aromatic rings. The Labute approximate surface area is 89.7 Å². The summed E-state index contributed by atoms with van der Waals surface area (Å²) in [4.78, 5) is 0. The van der Waals surface area contributed by atoms with E-state index in [0.717, 1.165) is 11.3 Å². The van der Waals surface area contributed by atoms with Crippen LogP contribution in [0.1, 0.15) is 53.9 Å². The normalized spacial score (nSPS) is 33.9. The molecule has 1 unspecified atom stereocenters. The molecule has 1 heteroatoms. The van der Waals surface area contributed by atoms with Gasteiger partial charge < -0.3 is 5.32 Å². The minimum absolute atomic E-state index is 0.641. The molecule has 2 rings (SSSR count). The van der Waals surface area contributed by atoms with Gasteiger partial charge >= 0.3 is 0 Å². The average Bonchev–Trinajstić information content (AvgIpc) is 2.48. The molecule has 1 N–H and O–H groups in total. The molecule has 0 aromatic heterocycles. The fourth-order valence-electron chi connectivity index (χ4n) is 2.86. The standard InChI is InChI=1S/C11H21N.C2H6/c1-9(2)10(3)4-5-11(6-10)7-12-8-11;1-2/h9,12H,4-8H2,1-3H3;1-2H3. The van der Waals surface area contributed by atoms with E-state index in [2.05, 4.69) is 26.1 Å². The first-order valence-electron chi connectivity index (χ1n) is 6.27. The highest BCUT2D eigenvalue weighted by atomic mass is 15.0. The van der Waals surface area contributed by atoms with Crippen molar-refractivity contribution in [3.63, 3.8) is 0 Å². The molecule has 0 bridgehead atoms. The Morgan fingerprint density at radius 3 is 1.86 bits per heavy atom. The fraction of sp³-hybridized carbons (Fsp3) is 1.00. The molecular weight excluding hydrogens is 170 g/mol.